The highest BCUT2D eigenvalue weighted by molar-refractivity contribution is 7.80. The van der Waals surface area contributed by atoms with Crippen LogP contribution >= 0.6 is 12.2 Å². The van der Waals surface area contributed by atoms with Gasteiger partial charge in [0.15, 0.2) is 11.6 Å². The van der Waals surface area contributed by atoms with Crippen LogP contribution in [0.25, 0.3) is 0 Å². The second-order valence-electron chi connectivity index (χ2n) is 8.00. The van der Waals surface area contributed by atoms with E-state index in [0.29, 0.717) is 42.1 Å². The molecule has 1 atom stereocenters. The second-order valence-corrected chi connectivity index (χ2v) is 8.53. The Kier molecular flexibility index (Phi) is 8.12. The number of rotatable bonds is 8. The van der Waals surface area contributed by atoms with Gasteiger partial charge in [0.2, 0.25) is 0 Å². The molecule has 0 bridgehead atoms. The molecule has 7 heteroatoms. The lowest BCUT2D eigenvalue weighted by Gasteiger charge is -2.29. The van der Waals surface area contributed by atoms with Crippen molar-refractivity contribution < 1.29 is 19.5 Å². The maximum atomic E-state index is 13.1. The minimum Gasteiger partial charge on any atom is -0.511 e. The predicted molar refractivity (Wildman–Crippen MR) is 127 cm³/mol. The van der Waals surface area contributed by atoms with E-state index in [1.165, 1.54) is 6.92 Å². The van der Waals surface area contributed by atoms with Gasteiger partial charge >= 0.3 is 0 Å². The molecule has 0 aromatic heterocycles. The van der Waals surface area contributed by atoms with Crippen molar-refractivity contribution in [2.45, 2.75) is 73.1 Å². The average molecular weight is 445 g/mol. The van der Waals surface area contributed by atoms with Crippen molar-refractivity contribution in [3.63, 3.8) is 0 Å². The number of aliphatic hydroxyl groups excluding tert-OH is 1. The fourth-order valence-electron chi connectivity index (χ4n) is 4.73. The maximum Gasteiger partial charge on any atom is 0.168 e. The third-order valence-electron chi connectivity index (χ3n) is 5.94. The van der Waals surface area contributed by atoms with Crippen LogP contribution in [0.1, 0.15) is 84.1 Å². The van der Waals surface area contributed by atoms with Crippen LogP contribution in [0.5, 0.6) is 0 Å². The number of aliphatic hydroxyl groups is 1. The molecule has 31 heavy (non-hydrogen) atoms. The number of oxime groups is 1. The standard InChI is InChI=1S/C24H32N2O4S/c1-7-18(26-30-8-2)24-19(28)9-16(10-20(24)29)23-13(4)17(11-21(25)31)12(3)22(14(23)5)15(6)27/h16,28H,7-11H2,1-6H3,(H2,25,31). The van der Waals surface area contributed by atoms with Gasteiger partial charge in [-0.15, -0.1) is 0 Å². The van der Waals surface area contributed by atoms with Crippen LogP contribution in [0, 0.1) is 20.8 Å². The Morgan fingerprint density at radius 2 is 1.84 bits per heavy atom. The van der Waals surface area contributed by atoms with Gasteiger partial charge in [-0.05, 0) is 74.8 Å². The number of carbonyl (C=O) groups excluding carboxylic acids is 2. The SMILES string of the molecule is CCON=C(CC)C1=C(O)CC(c2c(C)c(CC(N)=S)c(C)c(C(C)=O)c2C)CC1=O. The quantitative estimate of drug-likeness (QED) is 0.261. The maximum absolute atomic E-state index is 13.1. The molecular weight excluding hydrogens is 412 g/mol. The Labute approximate surface area is 189 Å². The highest BCUT2D eigenvalue weighted by Crippen LogP contribution is 2.40. The van der Waals surface area contributed by atoms with Crippen molar-refractivity contribution in [1.82, 2.24) is 0 Å². The summed E-state index contributed by atoms with van der Waals surface area (Å²) in [5.74, 6) is -0.444. The summed E-state index contributed by atoms with van der Waals surface area (Å²) in [6.07, 6.45) is 1.38. The molecule has 1 aliphatic rings. The molecule has 0 amide bonds. The van der Waals surface area contributed by atoms with Crippen LogP contribution in [-0.2, 0) is 16.1 Å². The Morgan fingerprint density at radius 3 is 2.32 bits per heavy atom. The summed E-state index contributed by atoms with van der Waals surface area (Å²) in [6.45, 7) is 11.4. The molecule has 2 rings (SSSR count). The Bertz CT molecular complexity index is 992. The molecule has 6 nitrogen and oxygen atoms in total. The van der Waals surface area contributed by atoms with E-state index in [-0.39, 0.29) is 35.2 Å². The van der Waals surface area contributed by atoms with Gasteiger partial charge in [0.1, 0.15) is 12.4 Å². The van der Waals surface area contributed by atoms with Gasteiger partial charge in [-0.3, -0.25) is 9.59 Å². The number of hydrogen-bond donors (Lipinski definition) is 2. The molecule has 0 saturated carbocycles. The van der Waals surface area contributed by atoms with E-state index in [9.17, 15) is 14.7 Å². The molecule has 1 aromatic carbocycles. The number of allylic oxidation sites excluding steroid dienone is 2. The molecule has 168 valence electrons. The third kappa shape index (κ3) is 5.03. The van der Waals surface area contributed by atoms with Gasteiger partial charge in [0.05, 0.1) is 16.3 Å². The Balaban J connectivity index is 2.65. The molecule has 0 heterocycles. The van der Waals surface area contributed by atoms with E-state index in [2.05, 4.69) is 5.16 Å². The minimum atomic E-state index is -0.245. The summed E-state index contributed by atoms with van der Waals surface area (Å²) >= 11 is 5.13. The summed E-state index contributed by atoms with van der Waals surface area (Å²) in [5, 5.41) is 14.8. The summed E-state index contributed by atoms with van der Waals surface area (Å²) in [4.78, 5) is 31.0. The highest BCUT2D eigenvalue weighted by Gasteiger charge is 2.34. The molecule has 1 unspecified atom stereocenters. The first-order valence-corrected chi connectivity index (χ1v) is 11.0. The number of nitrogens with zero attached hydrogens (tertiary/aromatic N) is 1. The van der Waals surface area contributed by atoms with Crippen molar-refractivity contribution >= 4 is 34.5 Å². The van der Waals surface area contributed by atoms with Crippen molar-refractivity contribution in [2.75, 3.05) is 6.61 Å². The van der Waals surface area contributed by atoms with Crippen LogP contribution in [0.15, 0.2) is 16.5 Å². The highest BCUT2D eigenvalue weighted by atomic mass is 32.1. The van der Waals surface area contributed by atoms with E-state index in [4.69, 9.17) is 22.8 Å². The third-order valence-corrected chi connectivity index (χ3v) is 6.09. The molecule has 1 aromatic rings. The van der Waals surface area contributed by atoms with Gasteiger partial charge in [-0.2, -0.15) is 0 Å². The lowest BCUT2D eigenvalue weighted by molar-refractivity contribution is -0.116. The van der Waals surface area contributed by atoms with Crippen LogP contribution in [0.4, 0.5) is 0 Å². The van der Waals surface area contributed by atoms with Crippen LogP contribution in [-0.4, -0.2) is 34.0 Å². The zero-order valence-corrected chi connectivity index (χ0v) is 20.0. The Morgan fingerprint density at radius 1 is 1.19 bits per heavy atom. The molecule has 0 aliphatic heterocycles. The molecule has 0 spiro atoms. The number of thiocarbonyl (C=S) groups is 1. The molecule has 0 saturated heterocycles. The smallest absolute Gasteiger partial charge is 0.168 e. The van der Waals surface area contributed by atoms with Gasteiger partial charge in [0.25, 0.3) is 0 Å². The first kappa shape index (κ1) is 24.7. The monoisotopic (exact) mass is 444 g/mol. The number of Topliss-reactive ketones (excluding diaryl/α,β-unsaturated/α-hetero) is 2. The molecular formula is C24H32N2O4S. The van der Waals surface area contributed by atoms with E-state index in [1.54, 1.807) is 0 Å². The molecule has 3 N–H and O–H groups in total. The zero-order chi connectivity index (χ0) is 23.5. The summed E-state index contributed by atoms with van der Waals surface area (Å²) in [5.41, 5.74) is 11.7. The van der Waals surface area contributed by atoms with E-state index < -0.39 is 0 Å². The van der Waals surface area contributed by atoms with Crippen molar-refractivity contribution in [3.05, 3.63) is 44.7 Å². The van der Waals surface area contributed by atoms with Gasteiger partial charge in [-0.25, -0.2) is 0 Å². The first-order chi connectivity index (χ1) is 14.5. The number of benzene rings is 1. The van der Waals surface area contributed by atoms with Crippen LogP contribution in [0.3, 0.4) is 0 Å². The fourth-order valence-corrected chi connectivity index (χ4v) is 4.87. The largest absolute Gasteiger partial charge is 0.511 e. The molecule has 0 radical (unpaired) electrons. The Hall–Kier alpha value is -2.54. The topological polar surface area (TPSA) is 102 Å². The lowest BCUT2D eigenvalue weighted by atomic mass is 9.74. The van der Waals surface area contributed by atoms with E-state index >= 15 is 0 Å². The van der Waals surface area contributed by atoms with Crippen molar-refractivity contribution in [3.8, 4) is 0 Å². The van der Waals surface area contributed by atoms with Gasteiger partial charge in [0, 0.05) is 24.8 Å². The second kappa shape index (κ2) is 10.2. The number of ketones is 2. The van der Waals surface area contributed by atoms with Crippen LogP contribution < -0.4 is 5.73 Å². The average Bonchev–Trinajstić information content (AvgIpc) is 2.66. The fraction of sp³-hybridized carbons (Fsp3) is 0.500. The molecule has 0 fully saturated rings. The summed E-state index contributed by atoms with van der Waals surface area (Å²) in [6, 6.07) is 0. The minimum absolute atomic E-state index is 0.0150. The summed E-state index contributed by atoms with van der Waals surface area (Å²) < 4.78 is 0. The molecule has 1 aliphatic carbocycles. The van der Waals surface area contributed by atoms with Crippen molar-refractivity contribution in [1.29, 1.82) is 0 Å². The van der Waals surface area contributed by atoms with Gasteiger partial charge < -0.3 is 15.7 Å². The normalized spacial score (nSPS) is 17.2. The number of nitrogens with two attached hydrogens (primary N) is 1. The van der Waals surface area contributed by atoms with Crippen molar-refractivity contribution in [2.24, 2.45) is 10.9 Å². The zero-order valence-electron chi connectivity index (χ0n) is 19.2. The van der Waals surface area contributed by atoms with E-state index in [0.717, 1.165) is 27.8 Å². The first-order valence-electron chi connectivity index (χ1n) is 10.6. The number of hydrogen-bond acceptors (Lipinski definition) is 6. The summed E-state index contributed by atoms with van der Waals surface area (Å²) in [7, 11) is 0. The van der Waals surface area contributed by atoms with Crippen LogP contribution in [0.2, 0.25) is 0 Å². The lowest BCUT2D eigenvalue weighted by Crippen LogP contribution is -2.26. The number of carbonyl (C=O) groups is 2. The predicted octanol–water partition coefficient (Wildman–Crippen LogP) is 4.70. The van der Waals surface area contributed by atoms with E-state index in [1.807, 2.05) is 34.6 Å². The van der Waals surface area contributed by atoms with Gasteiger partial charge in [-0.1, -0.05) is 24.3 Å².